The number of nitrogens with zero attached hydrogens (tertiary/aromatic N) is 5. The van der Waals surface area contributed by atoms with Gasteiger partial charge in [-0.25, -0.2) is 9.67 Å². The summed E-state index contributed by atoms with van der Waals surface area (Å²) in [5.74, 6) is 0.862. The molecule has 2 aromatic rings. The largest absolute Gasteiger partial charge is 0.251 e. The Bertz CT molecular complexity index is 447. The van der Waals surface area contributed by atoms with Gasteiger partial charge in [-0.15, -0.1) is 0 Å². The van der Waals surface area contributed by atoms with E-state index in [4.69, 9.17) is 0 Å². The smallest absolute Gasteiger partial charge is 0.148 e. The third-order valence-electron chi connectivity index (χ3n) is 1.80. The minimum atomic E-state index is 0.600. The fraction of sp³-hybridized carbons (Fsp3) is 0.286. The number of halogens is 2. The van der Waals surface area contributed by atoms with Gasteiger partial charge >= 0.3 is 0 Å². The van der Waals surface area contributed by atoms with Crippen LogP contribution in [-0.4, -0.2) is 24.5 Å². The van der Waals surface area contributed by atoms with Crippen LogP contribution >= 0.6 is 31.9 Å². The molecule has 74 valence electrons. The average molecular weight is 321 g/mol. The summed E-state index contributed by atoms with van der Waals surface area (Å²) in [6.45, 7) is 0.600. The van der Waals surface area contributed by atoms with Gasteiger partial charge in [0.05, 0.1) is 0 Å². The third kappa shape index (κ3) is 1.88. The second kappa shape index (κ2) is 3.82. The normalized spacial score (nSPS) is 10.8. The van der Waals surface area contributed by atoms with Crippen molar-refractivity contribution in [2.45, 2.75) is 6.54 Å². The topological polar surface area (TPSA) is 48.5 Å². The zero-order valence-corrected chi connectivity index (χ0v) is 10.5. The van der Waals surface area contributed by atoms with Gasteiger partial charge in [-0.05, 0) is 31.9 Å². The number of hydrogen-bond acceptors (Lipinski definition) is 3. The van der Waals surface area contributed by atoms with Crippen molar-refractivity contribution in [1.29, 1.82) is 0 Å². The van der Waals surface area contributed by atoms with Gasteiger partial charge in [0, 0.05) is 13.1 Å². The second-order valence-corrected chi connectivity index (χ2v) is 4.37. The minimum absolute atomic E-state index is 0.600. The highest BCUT2D eigenvalue weighted by atomic mass is 79.9. The molecule has 0 aliphatic heterocycles. The van der Waals surface area contributed by atoms with Crippen molar-refractivity contribution in [2.75, 3.05) is 0 Å². The Morgan fingerprint density at radius 3 is 2.71 bits per heavy atom. The van der Waals surface area contributed by atoms with Crippen LogP contribution in [0.2, 0.25) is 0 Å². The van der Waals surface area contributed by atoms with Crippen molar-refractivity contribution in [1.82, 2.24) is 24.5 Å². The molecule has 0 fully saturated rings. The molecule has 0 spiro atoms. The van der Waals surface area contributed by atoms with Gasteiger partial charge in [0.25, 0.3) is 0 Å². The van der Waals surface area contributed by atoms with Crippen LogP contribution in [0.25, 0.3) is 0 Å². The molecule has 2 heterocycles. The van der Waals surface area contributed by atoms with Gasteiger partial charge in [-0.1, -0.05) is 0 Å². The van der Waals surface area contributed by atoms with Crippen LogP contribution in [0.1, 0.15) is 5.82 Å². The standard InChI is InChI=1S/C7H7Br2N5/c1-13-7(10-4-11-13)3-14-6(9)2-5(8)12-14/h2,4H,3H2,1H3. The van der Waals surface area contributed by atoms with Gasteiger partial charge in [0.2, 0.25) is 0 Å². The molecule has 5 nitrogen and oxygen atoms in total. The summed E-state index contributed by atoms with van der Waals surface area (Å²) in [4.78, 5) is 4.12. The Labute approximate surface area is 97.4 Å². The highest BCUT2D eigenvalue weighted by Gasteiger charge is 2.06. The van der Waals surface area contributed by atoms with Crippen LogP contribution in [0.4, 0.5) is 0 Å². The van der Waals surface area contributed by atoms with Crippen molar-refractivity contribution < 1.29 is 0 Å². The molecule has 0 aromatic carbocycles. The first kappa shape index (κ1) is 9.85. The molecule has 0 amide bonds. The van der Waals surface area contributed by atoms with Crippen LogP contribution in [0, 0.1) is 0 Å². The Hall–Kier alpha value is -0.690. The number of aryl methyl sites for hydroxylation is 1. The number of aromatic nitrogens is 5. The first-order valence-corrected chi connectivity index (χ1v) is 5.47. The zero-order valence-electron chi connectivity index (χ0n) is 7.35. The molecule has 0 bridgehead atoms. The molecule has 0 saturated heterocycles. The van der Waals surface area contributed by atoms with Gasteiger partial charge in [-0.2, -0.15) is 10.2 Å². The van der Waals surface area contributed by atoms with Crippen LogP contribution in [0.5, 0.6) is 0 Å². The van der Waals surface area contributed by atoms with Crippen LogP contribution in [0.3, 0.4) is 0 Å². The first-order chi connectivity index (χ1) is 6.66. The lowest BCUT2D eigenvalue weighted by atomic mass is 10.6. The molecule has 0 radical (unpaired) electrons. The Kier molecular flexibility index (Phi) is 2.69. The molecule has 7 heteroatoms. The molecular formula is C7H7Br2N5. The van der Waals surface area contributed by atoms with E-state index in [1.807, 2.05) is 13.1 Å². The molecule has 0 saturated carbocycles. The summed E-state index contributed by atoms with van der Waals surface area (Å²) in [7, 11) is 1.86. The highest BCUT2D eigenvalue weighted by molar-refractivity contribution is 9.11. The van der Waals surface area contributed by atoms with E-state index in [0.717, 1.165) is 15.0 Å². The summed E-state index contributed by atoms with van der Waals surface area (Å²) in [6, 6.07) is 1.89. The van der Waals surface area contributed by atoms with Crippen LogP contribution in [0.15, 0.2) is 21.6 Å². The maximum absolute atomic E-state index is 4.23. The van der Waals surface area contributed by atoms with E-state index in [1.54, 1.807) is 9.36 Å². The highest BCUT2D eigenvalue weighted by Crippen LogP contribution is 2.16. The van der Waals surface area contributed by atoms with Crippen molar-refractivity contribution in [3.8, 4) is 0 Å². The van der Waals surface area contributed by atoms with E-state index in [9.17, 15) is 0 Å². The summed E-state index contributed by atoms with van der Waals surface area (Å²) in [5, 5.41) is 8.22. The Morgan fingerprint density at radius 1 is 1.43 bits per heavy atom. The monoisotopic (exact) mass is 319 g/mol. The van der Waals surface area contributed by atoms with Crippen LogP contribution in [-0.2, 0) is 13.6 Å². The Morgan fingerprint density at radius 2 is 2.21 bits per heavy atom. The second-order valence-electron chi connectivity index (χ2n) is 2.75. The van der Waals surface area contributed by atoms with E-state index in [-0.39, 0.29) is 0 Å². The van der Waals surface area contributed by atoms with Crippen molar-refractivity contribution >= 4 is 31.9 Å². The molecular weight excluding hydrogens is 314 g/mol. The molecule has 0 unspecified atom stereocenters. The number of rotatable bonds is 2. The first-order valence-electron chi connectivity index (χ1n) is 3.88. The minimum Gasteiger partial charge on any atom is -0.251 e. The van der Waals surface area contributed by atoms with Gasteiger partial charge in [-0.3, -0.25) is 4.68 Å². The zero-order chi connectivity index (χ0) is 10.1. The van der Waals surface area contributed by atoms with Crippen molar-refractivity contribution in [2.24, 2.45) is 7.05 Å². The predicted molar refractivity (Wildman–Crippen MR) is 57.7 cm³/mol. The lowest BCUT2D eigenvalue weighted by Gasteiger charge is -2.01. The summed E-state index contributed by atoms with van der Waals surface area (Å²) in [5.41, 5.74) is 0. The lowest BCUT2D eigenvalue weighted by molar-refractivity contribution is 0.597. The van der Waals surface area contributed by atoms with Crippen molar-refractivity contribution in [3.05, 3.63) is 27.4 Å². The molecule has 2 aromatic heterocycles. The average Bonchev–Trinajstić information content (AvgIpc) is 2.62. The fourth-order valence-electron chi connectivity index (χ4n) is 1.07. The maximum Gasteiger partial charge on any atom is 0.148 e. The van der Waals surface area contributed by atoms with Gasteiger partial charge < -0.3 is 0 Å². The van der Waals surface area contributed by atoms with Crippen LogP contribution < -0.4 is 0 Å². The molecule has 0 aliphatic rings. The predicted octanol–water partition coefficient (Wildman–Crippen LogP) is 1.58. The number of hydrogen-bond donors (Lipinski definition) is 0. The lowest BCUT2D eigenvalue weighted by Crippen LogP contribution is -2.08. The summed E-state index contributed by atoms with van der Waals surface area (Å²) < 4.78 is 5.23. The van der Waals surface area contributed by atoms with Crippen molar-refractivity contribution in [3.63, 3.8) is 0 Å². The third-order valence-corrected chi connectivity index (χ3v) is 2.82. The molecule has 0 atom stereocenters. The van der Waals surface area contributed by atoms with Gasteiger partial charge in [0.15, 0.2) is 0 Å². The van der Waals surface area contributed by atoms with E-state index in [1.165, 1.54) is 6.33 Å². The fourth-order valence-corrected chi connectivity index (χ4v) is 2.21. The quantitative estimate of drug-likeness (QED) is 0.844. The SMILES string of the molecule is Cn1ncnc1Cn1nc(Br)cc1Br. The van der Waals surface area contributed by atoms with E-state index in [0.29, 0.717) is 6.54 Å². The summed E-state index contributed by atoms with van der Waals surface area (Å²) in [6.07, 6.45) is 1.53. The maximum atomic E-state index is 4.23. The van der Waals surface area contributed by atoms with Gasteiger partial charge in [0.1, 0.15) is 27.9 Å². The van der Waals surface area contributed by atoms with E-state index in [2.05, 4.69) is 47.0 Å². The van der Waals surface area contributed by atoms with E-state index >= 15 is 0 Å². The molecule has 2 rings (SSSR count). The Balaban J connectivity index is 2.27. The molecule has 0 N–H and O–H groups in total. The molecule has 14 heavy (non-hydrogen) atoms. The molecule has 0 aliphatic carbocycles. The summed E-state index contributed by atoms with van der Waals surface area (Å²) >= 11 is 6.70. The van der Waals surface area contributed by atoms with E-state index < -0.39 is 0 Å².